The highest BCUT2D eigenvalue weighted by Crippen LogP contribution is 2.11. The van der Waals surface area contributed by atoms with E-state index in [0.717, 1.165) is 5.56 Å². The number of hydrogen-bond acceptors (Lipinski definition) is 4. The highest BCUT2D eigenvalue weighted by atomic mass is 16.3. The van der Waals surface area contributed by atoms with Crippen LogP contribution >= 0.6 is 0 Å². The van der Waals surface area contributed by atoms with Crippen LogP contribution in [0.15, 0.2) is 18.2 Å². The van der Waals surface area contributed by atoms with Gasteiger partial charge in [-0.2, -0.15) is 0 Å². The van der Waals surface area contributed by atoms with Crippen molar-refractivity contribution < 1.29 is 15.3 Å². The first-order valence-electron chi connectivity index (χ1n) is 5.70. The summed E-state index contributed by atoms with van der Waals surface area (Å²) in [6.45, 7) is 3.69. The SMILES string of the molecule is Cc1ccc(CNC(CO)(CO)CO)cc1C. The van der Waals surface area contributed by atoms with Gasteiger partial charge in [-0.25, -0.2) is 0 Å². The average molecular weight is 239 g/mol. The van der Waals surface area contributed by atoms with E-state index in [1.54, 1.807) is 0 Å². The number of aliphatic hydroxyl groups excluding tert-OH is 3. The summed E-state index contributed by atoms with van der Waals surface area (Å²) in [6.07, 6.45) is 0. The van der Waals surface area contributed by atoms with Gasteiger partial charge in [0.25, 0.3) is 0 Å². The summed E-state index contributed by atoms with van der Waals surface area (Å²) in [5.41, 5.74) is 2.48. The molecule has 96 valence electrons. The monoisotopic (exact) mass is 239 g/mol. The molecule has 0 spiro atoms. The van der Waals surface area contributed by atoms with Crippen LogP contribution in [-0.4, -0.2) is 40.7 Å². The molecule has 0 aliphatic carbocycles. The van der Waals surface area contributed by atoms with Crippen molar-refractivity contribution in [2.75, 3.05) is 19.8 Å². The zero-order chi connectivity index (χ0) is 12.9. The van der Waals surface area contributed by atoms with Gasteiger partial charge < -0.3 is 20.6 Å². The lowest BCUT2D eigenvalue weighted by atomic mass is 10.0. The largest absolute Gasteiger partial charge is 0.394 e. The minimum atomic E-state index is -1.02. The Bertz CT molecular complexity index is 353. The number of aryl methyl sites for hydroxylation is 2. The summed E-state index contributed by atoms with van der Waals surface area (Å²) in [5.74, 6) is 0. The minimum Gasteiger partial charge on any atom is -0.394 e. The van der Waals surface area contributed by atoms with E-state index in [0.29, 0.717) is 6.54 Å². The first-order valence-corrected chi connectivity index (χ1v) is 5.70. The lowest BCUT2D eigenvalue weighted by molar-refractivity contribution is 0.0414. The Hall–Kier alpha value is -0.940. The van der Waals surface area contributed by atoms with Gasteiger partial charge in [-0.3, -0.25) is 0 Å². The van der Waals surface area contributed by atoms with Crippen molar-refractivity contribution in [2.24, 2.45) is 0 Å². The minimum absolute atomic E-state index is 0.301. The third-order valence-electron chi connectivity index (χ3n) is 3.15. The second kappa shape index (κ2) is 6.12. The third-order valence-corrected chi connectivity index (χ3v) is 3.15. The van der Waals surface area contributed by atoms with E-state index in [2.05, 4.69) is 11.4 Å². The molecule has 0 radical (unpaired) electrons. The van der Waals surface area contributed by atoms with E-state index in [1.807, 2.05) is 26.0 Å². The molecular weight excluding hydrogens is 218 g/mol. The van der Waals surface area contributed by atoms with Crippen molar-refractivity contribution >= 4 is 0 Å². The van der Waals surface area contributed by atoms with Crippen molar-refractivity contribution in [3.63, 3.8) is 0 Å². The Morgan fingerprint density at radius 1 is 1.00 bits per heavy atom. The van der Waals surface area contributed by atoms with Crippen LogP contribution < -0.4 is 5.32 Å². The highest BCUT2D eigenvalue weighted by Gasteiger charge is 2.26. The number of rotatable bonds is 6. The summed E-state index contributed by atoms with van der Waals surface area (Å²) in [6, 6.07) is 6.08. The van der Waals surface area contributed by atoms with Crippen LogP contribution in [0.4, 0.5) is 0 Å². The van der Waals surface area contributed by atoms with E-state index in [9.17, 15) is 15.3 Å². The predicted molar refractivity (Wildman–Crippen MR) is 66.7 cm³/mol. The predicted octanol–water partition coefficient (Wildman–Crippen LogP) is 0.109. The van der Waals surface area contributed by atoms with E-state index in [4.69, 9.17) is 0 Å². The van der Waals surface area contributed by atoms with Gasteiger partial charge in [-0.1, -0.05) is 18.2 Å². The molecule has 0 aromatic heterocycles. The van der Waals surface area contributed by atoms with Crippen LogP contribution in [-0.2, 0) is 6.54 Å². The Labute approximate surface area is 102 Å². The summed E-state index contributed by atoms with van der Waals surface area (Å²) >= 11 is 0. The number of aliphatic hydroxyl groups is 3. The lowest BCUT2D eigenvalue weighted by Crippen LogP contribution is -2.54. The summed E-state index contributed by atoms with van der Waals surface area (Å²) in [4.78, 5) is 0. The lowest BCUT2D eigenvalue weighted by Gasteiger charge is -2.29. The van der Waals surface area contributed by atoms with Crippen molar-refractivity contribution in [3.8, 4) is 0 Å². The summed E-state index contributed by atoms with van der Waals surface area (Å²) in [5, 5.41) is 30.5. The van der Waals surface area contributed by atoms with Crippen LogP contribution in [0.25, 0.3) is 0 Å². The zero-order valence-corrected chi connectivity index (χ0v) is 10.4. The van der Waals surface area contributed by atoms with Gasteiger partial charge >= 0.3 is 0 Å². The van der Waals surface area contributed by atoms with E-state index >= 15 is 0 Å². The Balaban J connectivity index is 2.68. The highest BCUT2D eigenvalue weighted by molar-refractivity contribution is 5.29. The quantitative estimate of drug-likeness (QED) is 0.568. The summed E-state index contributed by atoms with van der Waals surface area (Å²) < 4.78 is 0. The molecule has 0 atom stereocenters. The molecule has 4 nitrogen and oxygen atoms in total. The number of benzene rings is 1. The van der Waals surface area contributed by atoms with Gasteiger partial charge in [0, 0.05) is 6.54 Å². The van der Waals surface area contributed by atoms with Crippen molar-refractivity contribution in [1.29, 1.82) is 0 Å². The van der Waals surface area contributed by atoms with Crippen molar-refractivity contribution in [2.45, 2.75) is 25.9 Å². The molecule has 0 heterocycles. The maximum absolute atomic E-state index is 9.17. The molecule has 17 heavy (non-hydrogen) atoms. The fourth-order valence-corrected chi connectivity index (χ4v) is 1.52. The Morgan fingerprint density at radius 3 is 2.06 bits per heavy atom. The number of nitrogens with one attached hydrogen (secondary N) is 1. The van der Waals surface area contributed by atoms with Crippen LogP contribution in [0.3, 0.4) is 0 Å². The smallest absolute Gasteiger partial charge is 0.0884 e. The second-order valence-corrected chi connectivity index (χ2v) is 4.53. The van der Waals surface area contributed by atoms with Crippen molar-refractivity contribution in [3.05, 3.63) is 34.9 Å². The van der Waals surface area contributed by atoms with E-state index in [-0.39, 0.29) is 19.8 Å². The van der Waals surface area contributed by atoms with Crippen molar-refractivity contribution in [1.82, 2.24) is 5.32 Å². The molecule has 0 fully saturated rings. The van der Waals surface area contributed by atoms with Gasteiger partial charge in [0.05, 0.1) is 25.4 Å². The van der Waals surface area contributed by atoms with Crippen LogP contribution in [0, 0.1) is 13.8 Å². The zero-order valence-electron chi connectivity index (χ0n) is 10.4. The first kappa shape index (κ1) is 14.1. The molecule has 1 aromatic rings. The maximum Gasteiger partial charge on any atom is 0.0884 e. The molecule has 0 saturated heterocycles. The molecule has 0 unspecified atom stereocenters. The molecule has 0 aliphatic heterocycles. The maximum atomic E-state index is 9.17. The molecule has 0 amide bonds. The third kappa shape index (κ3) is 3.51. The molecule has 0 bridgehead atoms. The number of hydrogen-bond donors (Lipinski definition) is 4. The Kier molecular flexibility index (Phi) is 5.08. The molecule has 4 heteroatoms. The standard InChI is InChI=1S/C13H21NO3/c1-10-3-4-12(5-11(10)2)6-14-13(7-15,8-16)9-17/h3-5,14-17H,6-9H2,1-2H3. The molecular formula is C13H21NO3. The van der Waals surface area contributed by atoms with Gasteiger partial charge in [-0.15, -0.1) is 0 Å². The summed E-state index contributed by atoms with van der Waals surface area (Å²) in [7, 11) is 0. The van der Waals surface area contributed by atoms with Gasteiger partial charge in [0.2, 0.25) is 0 Å². The fourth-order valence-electron chi connectivity index (χ4n) is 1.52. The first-order chi connectivity index (χ1) is 8.06. The molecule has 4 N–H and O–H groups in total. The van der Waals surface area contributed by atoms with Gasteiger partial charge in [-0.05, 0) is 30.5 Å². The Morgan fingerprint density at radius 2 is 1.59 bits per heavy atom. The average Bonchev–Trinajstić information content (AvgIpc) is 2.36. The normalized spacial score (nSPS) is 11.8. The van der Waals surface area contributed by atoms with E-state index < -0.39 is 5.54 Å². The molecule has 0 saturated carbocycles. The fraction of sp³-hybridized carbons (Fsp3) is 0.538. The second-order valence-electron chi connectivity index (χ2n) is 4.53. The molecule has 1 aromatic carbocycles. The van der Waals surface area contributed by atoms with Gasteiger partial charge in [0.1, 0.15) is 0 Å². The molecule has 1 rings (SSSR count). The van der Waals surface area contributed by atoms with E-state index in [1.165, 1.54) is 11.1 Å². The topological polar surface area (TPSA) is 72.7 Å². The molecule has 0 aliphatic rings. The van der Waals surface area contributed by atoms with Gasteiger partial charge in [0.15, 0.2) is 0 Å². The van der Waals surface area contributed by atoms with Crippen LogP contribution in [0.1, 0.15) is 16.7 Å². The van der Waals surface area contributed by atoms with Crippen LogP contribution in [0.2, 0.25) is 0 Å². The van der Waals surface area contributed by atoms with Crippen LogP contribution in [0.5, 0.6) is 0 Å².